The molecule has 0 saturated heterocycles. The molecule has 0 heterocycles. The van der Waals surface area contributed by atoms with Gasteiger partial charge in [-0.1, -0.05) is 6.58 Å². The largest absolute Gasteiger partial charge is 0.508 e. The first-order valence-electron chi connectivity index (χ1n) is 8.95. The molecule has 6 nitrogen and oxygen atoms in total. The highest BCUT2D eigenvalue weighted by Gasteiger charge is 2.13. The molecular weight excluding hydrogens is 360 g/mol. The summed E-state index contributed by atoms with van der Waals surface area (Å²) in [5.74, 6) is 0.302. The summed E-state index contributed by atoms with van der Waals surface area (Å²) in [5.41, 5.74) is 1.79. The molecule has 0 aromatic heterocycles. The molecule has 28 heavy (non-hydrogen) atoms. The van der Waals surface area contributed by atoms with Gasteiger partial charge in [0, 0.05) is 6.08 Å². The Bertz CT molecular complexity index is 839. The van der Waals surface area contributed by atoms with Crippen LogP contribution in [0.25, 0.3) is 0 Å². The Kier molecular flexibility index (Phi) is 7.63. The number of unbranched alkanes of at least 4 members (excludes halogenated alkanes) is 1. The Morgan fingerprint density at radius 1 is 1.00 bits per heavy atom. The molecule has 0 fully saturated rings. The molecule has 0 aliphatic rings. The molecule has 0 aliphatic heterocycles. The topological polar surface area (TPSA) is 82.1 Å². The van der Waals surface area contributed by atoms with E-state index in [9.17, 15) is 14.7 Å². The van der Waals surface area contributed by atoms with Gasteiger partial charge in [0.25, 0.3) is 0 Å². The predicted octanol–water partition coefficient (Wildman–Crippen LogP) is 4.12. The van der Waals surface area contributed by atoms with Gasteiger partial charge >= 0.3 is 11.9 Å². The zero-order valence-electron chi connectivity index (χ0n) is 16.1. The lowest BCUT2D eigenvalue weighted by Gasteiger charge is -2.11. The first-order chi connectivity index (χ1) is 13.4. The number of ether oxygens (including phenoxy) is 3. The van der Waals surface area contributed by atoms with Crippen molar-refractivity contribution in [3.05, 3.63) is 65.7 Å². The van der Waals surface area contributed by atoms with Gasteiger partial charge < -0.3 is 19.3 Å². The molecule has 2 aromatic rings. The number of hydrogen-bond acceptors (Lipinski definition) is 6. The molecule has 2 aromatic carbocycles. The summed E-state index contributed by atoms with van der Waals surface area (Å²) in [4.78, 5) is 23.2. The molecule has 1 N–H and O–H groups in total. The molecule has 0 aliphatic carbocycles. The van der Waals surface area contributed by atoms with Crippen molar-refractivity contribution in [2.24, 2.45) is 0 Å². The number of rotatable bonds is 9. The standard InChI is InChI=1S/C22H24O6/c1-4-21(24)27-14-6-5-13-26-18-9-7-17(8-10-18)22(25)28-20-12-11-19(23)15(2)16(20)3/h4,7-12,23H,1,5-6,13-14H2,2-3H3. The molecule has 6 heteroatoms. The quantitative estimate of drug-likeness (QED) is 0.303. The van der Waals surface area contributed by atoms with Crippen molar-refractivity contribution in [2.75, 3.05) is 13.2 Å². The van der Waals surface area contributed by atoms with Crippen LogP contribution >= 0.6 is 0 Å². The number of aromatic hydroxyl groups is 1. The van der Waals surface area contributed by atoms with E-state index in [2.05, 4.69) is 6.58 Å². The van der Waals surface area contributed by atoms with E-state index in [1.54, 1.807) is 44.2 Å². The zero-order valence-corrected chi connectivity index (χ0v) is 16.1. The first kappa shape index (κ1) is 21.0. The molecule has 0 bridgehead atoms. The molecule has 2 rings (SSSR count). The Labute approximate surface area is 164 Å². The van der Waals surface area contributed by atoms with Crippen molar-refractivity contribution in [3.63, 3.8) is 0 Å². The molecule has 148 valence electrons. The van der Waals surface area contributed by atoms with Gasteiger partial charge in [0.2, 0.25) is 0 Å². The van der Waals surface area contributed by atoms with Gasteiger partial charge in [0.1, 0.15) is 17.2 Å². The van der Waals surface area contributed by atoms with E-state index in [1.807, 2.05) is 0 Å². The van der Waals surface area contributed by atoms with Crippen molar-refractivity contribution < 1.29 is 28.9 Å². The van der Waals surface area contributed by atoms with E-state index >= 15 is 0 Å². The van der Waals surface area contributed by atoms with Crippen LogP contribution in [0.1, 0.15) is 34.3 Å². The van der Waals surface area contributed by atoms with E-state index in [-0.39, 0.29) is 5.75 Å². The van der Waals surface area contributed by atoms with E-state index in [1.165, 1.54) is 6.07 Å². The molecule has 0 spiro atoms. The van der Waals surface area contributed by atoms with Crippen LogP contribution in [-0.4, -0.2) is 30.3 Å². The number of esters is 2. The fraction of sp³-hybridized carbons (Fsp3) is 0.273. The second kappa shape index (κ2) is 10.2. The van der Waals surface area contributed by atoms with Gasteiger partial charge in [-0.3, -0.25) is 0 Å². The van der Waals surface area contributed by atoms with Crippen LogP contribution < -0.4 is 9.47 Å². The normalized spacial score (nSPS) is 10.2. The highest BCUT2D eigenvalue weighted by atomic mass is 16.5. The number of hydrogen-bond donors (Lipinski definition) is 1. The fourth-order valence-electron chi connectivity index (χ4n) is 2.36. The van der Waals surface area contributed by atoms with Crippen LogP contribution in [0.4, 0.5) is 0 Å². The average Bonchev–Trinajstić information content (AvgIpc) is 2.71. The minimum Gasteiger partial charge on any atom is -0.508 e. The van der Waals surface area contributed by atoms with E-state index in [4.69, 9.17) is 14.2 Å². The maximum absolute atomic E-state index is 12.3. The van der Waals surface area contributed by atoms with E-state index < -0.39 is 11.9 Å². The minimum absolute atomic E-state index is 0.165. The van der Waals surface area contributed by atoms with Crippen LogP contribution in [0.3, 0.4) is 0 Å². The van der Waals surface area contributed by atoms with Crippen LogP contribution in [0, 0.1) is 13.8 Å². The summed E-state index contributed by atoms with van der Waals surface area (Å²) in [6.07, 6.45) is 2.55. The Hall–Kier alpha value is -3.28. The maximum Gasteiger partial charge on any atom is 0.343 e. The van der Waals surface area contributed by atoms with Gasteiger partial charge in [-0.15, -0.1) is 0 Å². The van der Waals surface area contributed by atoms with Gasteiger partial charge in [-0.25, -0.2) is 9.59 Å². The van der Waals surface area contributed by atoms with Crippen LogP contribution in [0.2, 0.25) is 0 Å². The van der Waals surface area contributed by atoms with Crippen LogP contribution in [0.5, 0.6) is 17.2 Å². The Morgan fingerprint density at radius 3 is 2.36 bits per heavy atom. The Morgan fingerprint density at radius 2 is 1.68 bits per heavy atom. The SMILES string of the molecule is C=CC(=O)OCCCCOc1ccc(C(=O)Oc2ccc(O)c(C)c2C)cc1. The zero-order chi connectivity index (χ0) is 20.5. The molecular formula is C22H24O6. The van der Waals surface area contributed by atoms with Gasteiger partial charge in [0.05, 0.1) is 18.8 Å². The highest BCUT2D eigenvalue weighted by Crippen LogP contribution is 2.28. The van der Waals surface area contributed by atoms with E-state index in [0.717, 1.165) is 12.5 Å². The summed E-state index contributed by atoms with van der Waals surface area (Å²) in [5, 5.41) is 9.68. The summed E-state index contributed by atoms with van der Waals surface area (Å²) >= 11 is 0. The van der Waals surface area contributed by atoms with Crippen LogP contribution in [0.15, 0.2) is 49.1 Å². The predicted molar refractivity (Wildman–Crippen MR) is 105 cm³/mol. The smallest absolute Gasteiger partial charge is 0.343 e. The van der Waals surface area contributed by atoms with E-state index in [0.29, 0.717) is 47.8 Å². The third kappa shape index (κ3) is 5.87. The second-order valence-corrected chi connectivity index (χ2v) is 6.17. The van der Waals surface area contributed by atoms with Gasteiger partial charge in [-0.2, -0.15) is 0 Å². The lowest BCUT2D eigenvalue weighted by molar-refractivity contribution is -0.137. The van der Waals surface area contributed by atoms with Crippen LogP contribution in [-0.2, 0) is 9.53 Å². The minimum atomic E-state index is -0.483. The Balaban J connectivity index is 1.82. The maximum atomic E-state index is 12.3. The molecule has 0 atom stereocenters. The van der Waals surface area contributed by atoms with Crippen molar-refractivity contribution in [1.29, 1.82) is 0 Å². The first-order valence-corrected chi connectivity index (χ1v) is 8.95. The monoisotopic (exact) mass is 384 g/mol. The van der Waals surface area contributed by atoms with Gasteiger partial charge in [0.15, 0.2) is 0 Å². The summed E-state index contributed by atoms with van der Waals surface area (Å²) in [6.45, 7) is 7.68. The fourth-order valence-corrected chi connectivity index (χ4v) is 2.36. The summed E-state index contributed by atoms with van der Waals surface area (Å²) in [6, 6.07) is 9.73. The number of benzene rings is 2. The number of phenols is 1. The summed E-state index contributed by atoms with van der Waals surface area (Å²) in [7, 11) is 0. The average molecular weight is 384 g/mol. The molecule has 0 amide bonds. The number of carbonyl (C=O) groups excluding carboxylic acids is 2. The highest BCUT2D eigenvalue weighted by molar-refractivity contribution is 5.91. The lowest BCUT2D eigenvalue weighted by atomic mass is 10.1. The molecule has 0 saturated carbocycles. The third-order valence-electron chi connectivity index (χ3n) is 4.22. The number of carbonyl (C=O) groups is 2. The van der Waals surface area contributed by atoms with Crippen molar-refractivity contribution in [2.45, 2.75) is 26.7 Å². The lowest BCUT2D eigenvalue weighted by Crippen LogP contribution is -2.09. The molecule has 0 unspecified atom stereocenters. The second-order valence-electron chi connectivity index (χ2n) is 6.17. The number of phenolic OH excluding ortho intramolecular Hbond substituents is 1. The summed E-state index contributed by atoms with van der Waals surface area (Å²) < 4.78 is 15.9. The van der Waals surface area contributed by atoms with Crippen molar-refractivity contribution in [3.8, 4) is 17.2 Å². The van der Waals surface area contributed by atoms with Crippen molar-refractivity contribution >= 4 is 11.9 Å². The molecule has 0 radical (unpaired) electrons. The third-order valence-corrected chi connectivity index (χ3v) is 4.22. The van der Waals surface area contributed by atoms with Gasteiger partial charge in [-0.05, 0) is 74.2 Å². The van der Waals surface area contributed by atoms with Crippen molar-refractivity contribution in [1.82, 2.24) is 0 Å².